The normalized spacial score (nSPS) is 44.8. The third kappa shape index (κ3) is 1.89. The van der Waals surface area contributed by atoms with Crippen LogP contribution in [-0.4, -0.2) is 49.6 Å². The van der Waals surface area contributed by atoms with Crippen LogP contribution in [0.4, 0.5) is 0 Å². The van der Waals surface area contributed by atoms with Crippen LogP contribution in [0.3, 0.4) is 0 Å². The lowest BCUT2D eigenvalue weighted by Gasteiger charge is -2.34. The van der Waals surface area contributed by atoms with Crippen LogP contribution in [0.5, 0.6) is 0 Å². The molecule has 0 amide bonds. The van der Waals surface area contributed by atoms with E-state index < -0.39 is 12.2 Å². The zero-order chi connectivity index (χ0) is 12.9. The second-order valence-corrected chi connectivity index (χ2v) is 5.08. The molecule has 3 aliphatic rings. The average molecular weight is 256 g/mol. The van der Waals surface area contributed by atoms with Gasteiger partial charge in [-0.2, -0.15) is 0 Å². The Kier molecular flexibility index (Phi) is 2.79. The van der Waals surface area contributed by atoms with Crippen molar-refractivity contribution in [2.75, 3.05) is 13.2 Å². The molecule has 0 aromatic carbocycles. The van der Waals surface area contributed by atoms with Gasteiger partial charge in [-0.3, -0.25) is 9.59 Å². The molecule has 3 rings (SSSR count). The van der Waals surface area contributed by atoms with E-state index in [1.165, 1.54) is 13.8 Å². The maximum absolute atomic E-state index is 11.2. The van der Waals surface area contributed by atoms with Crippen LogP contribution >= 0.6 is 0 Å². The lowest BCUT2D eigenvalue weighted by Crippen LogP contribution is -2.51. The quantitative estimate of drug-likeness (QED) is 0.507. The van der Waals surface area contributed by atoms with E-state index in [4.69, 9.17) is 18.9 Å². The number of ether oxygens (including phenoxy) is 4. The molecule has 2 heterocycles. The highest BCUT2D eigenvalue weighted by Crippen LogP contribution is 2.48. The summed E-state index contributed by atoms with van der Waals surface area (Å²) in [4.78, 5) is 22.4. The molecule has 2 saturated heterocycles. The molecule has 1 aliphatic carbocycles. The Hall–Kier alpha value is -1.14. The van der Waals surface area contributed by atoms with E-state index >= 15 is 0 Å². The maximum Gasteiger partial charge on any atom is 0.303 e. The van der Waals surface area contributed by atoms with Gasteiger partial charge in [0, 0.05) is 25.7 Å². The SMILES string of the molecule is CC(=O)O[C@@H]1[C@H]2O[C@H]2[C@H]2COC[C@H]2[C@@H]1OC(C)=O. The molecule has 0 bridgehead atoms. The van der Waals surface area contributed by atoms with Crippen molar-refractivity contribution >= 4 is 11.9 Å². The number of epoxide rings is 1. The fraction of sp³-hybridized carbons (Fsp3) is 0.833. The third-order valence-corrected chi connectivity index (χ3v) is 3.83. The van der Waals surface area contributed by atoms with Crippen molar-refractivity contribution in [1.82, 2.24) is 0 Å². The smallest absolute Gasteiger partial charge is 0.303 e. The van der Waals surface area contributed by atoms with Gasteiger partial charge in [-0.15, -0.1) is 0 Å². The lowest BCUT2D eigenvalue weighted by molar-refractivity contribution is -0.174. The first-order valence-corrected chi connectivity index (χ1v) is 6.15. The molecule has 3 fully saturated rings. The summed E-state index contributed by atoms with van der Waals surface area (Å²) in [6, 6.07) is 0. The summed E-state index contributed by atoms with van der Waals surface area (Å²) in [5, 5.41) is 0. The van der Waals surface area contributed by atoms with Crippen LogP contribution in [0.1, 0.15) is 13.8 Å². The Bertz CT molecular complexity index is 381. The molecule has 0 unspecified atom stereocenters. The predicted octanol–water partition coefficient (Wildman–Crippen LogP) is -0.107. The van der Waals surface area contributed by atoms with E-state index in [0.29, 0.717) is 13.2 Å². The highest BCUT2D eigenvalue weighted by Gasteiger charge is 2.64. The average Bonchev–Trinajstić information content (AvgIpc) is 2.92. The Labute approximate surface area is 105 Å². The van der Waals surface area contributed by atoms with Gasteiger partial charge < -0.3 is 18.9 Å². The second kappa shape index (κ2) is 4.20. The molecule has 100 valence electrons. The first-order valence-electron chi connectivity index (χ1n) is 6.15. The Balaban J connectivity index is 1.82. The lowest BCUT2D eigenvalue weighted by atomic mass is 9.78. The molecular weight excluding hydrogens is 240 g/mol. The van der Waals surface area contributed by atoms with Crippen molar-refractivity contribution in [1.29, 1.82) is 0 Å². The zero-order valence-electron chi connectivity index (χ0n) is 10.3. The second-order valence-electron chi connectivity index (χ2n) is 5.08. The van der Waals surface area contributed by atoms with Crippen molar-refractivity contribution < 1.29 is 28.5 Å². The van der Waals surface area contributed by atoms with Gasteiger partial charge in [-0.05, 0) is 0 Å². The van der Waals surface area contributed by atoms with Gasteiger partial charge in [0.2, 0.25) is 0 Å². The minimum atomic E-state index is -0.501. The number of esters is 2. The summed E-state index contributed by atoms with van der Waals surface area (Å²) in [5.41, 5.74) is 0. The number of carbonyl (C=O) groups excluding carboxylic acids is 2. The van der Waals surface area contributed by atoms with E-state index in [9.17, 15) is 9.59 Å². The van der Waals surface area contributed by atoms with E-state index in [1.807, 2.05) is 0 Å². The van der Waals surface area contributed by atoms with Crippen molar-refractivity contribution in [3.63, 3.8) is 0 Å². The monoisotopic (exact) mass is 256 g/mol. The summed E-state index contributed by atoms with van der Waals surface area (Å²) < 4.78 is 21.6. The topological polar surface area (TPSA) is 74.4 Å². The summed E-state index contributed by atoms with van der Waals surface area (Å²) in [7, 11) is 0. The highest BCUT2D eigenvalue weighted by molar-refractivity contribution is 5.67. The number of hydrogen-bond donors (Lipinski definition) is 0. The fourth-order valence-corrected chi connectivity index (χ4v) is 3.11. The summed E-state index contributed by atoms with van der Waals surface area (Å²) >= 11 is 0. The predicted molar refractivity (Wildman–Crippen MR) is 57.6 cm³/mol. The molecule has 0 N–H and O–H groups in total. The Morgan fingerprint density at radius 1 is 0.944 bits per heavy atom. The molecule has 0 aromatic rings. The Morgan fingerprint density at radius 3 is 2.22 bits per heavy atom. The van der Waals surface area contributed by atoms with Gasteiger partial charge in [0.15, 0.2) is 6.10 Å². The molecule has 6 heteroatoms. The van der Waals surface area contributed by atoms with Crippen LogP contribution < -0.4 is 0 Å². The van der Waals surface area contributed by atoms with Crippen molar-refractivity contribution in [3.05, 3.63) is 0 Å². The van der Waals surface area contributed by atoms with Gasteiger partial charge in [0.05, 0.1) is 19.3 Å². The molecule has 18 heavy (non-hydrogen) atoms. The first kappa shape index (κ1) is 11.9. The van der Waals surface area contributed by atoms with Crippen molar-refractivity contribution in [3.8, 4) is 0 Å². The number of rotatable bonds is 2. The van der Waals surface area contributed by atoms with Crippen LogP contribution in [0.2, 0.25) is 0 Å². The number of carbonyl (C=O) groups is 2. The van der Waals surface area contributed by atoms with E-state index in [0.717, 1.165) is 0 Å². The van der Waals surface area contributed by atoms with Crippen LogP contribution in [0, 0.1) is 11.8 Å². The van der Waals surface area contributed by atoms with Gasteiger partial charge >= 0.3 is 11.9 Å². The number of fused-ring (bicyclic) bond motifs is 3. The van der Waals surface area contributed by atoms with Crippen LogP contribution in [0.25, 0.3) is 0 Å². The standard InChI is InChI=1S/C12H16O6/c1-5(13)16-9-7-3-15-4-8(7)10-12(18-10)11(9)17-6(2)14/h7-12H,3-4H2,1-2H3/t7-,8+,9+,10+,11+,12+/m1/s1. The summed E-state index contributed by atoms with van der Waals surface area (Å²) in [5.74, 6) is -0.459. The fourth-order valence-electron chi connectivity index (χ4n) is 3.11. The number of hydrogen-bond acceptors (Lipinski definition) is 6. The van der Waals surface area contributed by atoms with Gasteiger partial charge in [-0.25, -0.2) is 0 Å². The van der Waals surface area contributed by atoms with E-state index in [1.54, 1.807) is 0 Å². The molecule has 6 atom stereocenters. The van der Waals surface area contributed by atoms with Crippen LogP contribution in [-0.2, 0) is 28.5 Å². The van der Waals surface area contributed by atoms with Gasteiger partial charge in [-0.1, -0.05) is 0 Å². The van der Waals surface area contributed by atoms with Crippen LogP contribution in [0.15, 0.2) is 0 Å². The van der Waals surface area contributed by atoms with Crippen molar-refractivity contribution in [2.45, 2.75) is 38.3 Å². The molecule has 6 nitrogen and oxygen atoms in total. The van der Waals surface area contributed by atoms with E-state index in [2.05, 4.69) is 0 Å². The summed E-state index contributed by atoms with van der Waals surface area (Å²) in [6.07, 6.45) is -1.03. The zero-order valence-corrected chi connectivity index (χ0v) is 10.3. The maximum atomic E-state index is 11.2. The van der Waals surface area contributed by atoms with E-state index in [-0.39, 0.29) is 36.0 Å². The van der Waals surface area contributed by atoms with Gasteiger partial charge in [0.1, 0.15) is 12.2 Å². The minimum absolute atomic E-state index is 0.0574. The highest BCUT2D eigenvalue weighted by atomic mass is 16.7. The van der Waals surface area contributed by atoms with Crippen molar-refractivity contribution in [2.24, 2.45) is 11.8 Å². The molecule has 1 saturated carbocycles. The first-order chi connectivity index (χ1) is 8.58. The molecule has 0 radical (unpaired) electrons. The van der Waals surface area contributed by atoms with Gasteiger partial charge in [0.25, 0.3) is 0 Å². The third-order valence-electron chi connectivity index (χ3n) is 3.83. The summed E-state index contributed by atoms with van der Waals surface area (Å²) in [6.45, 7) is 3.85. The largest absolute Gasteiger partial charge is 0.458 e. The molecule has 0 aromatic heterocycles. The minimum Gasteiger partial charge on any atom is -0.458 e. The Morgan fingerprint density at radius 2 is 1.56 bits per heavy atom. The molecule has 2 aliphatic heterocycles. The molecular formula is C12H16O6. The molecule has 0 spiro atoms.